The number of anilines is 1. The Balaban J connectivity index is 1.37. The Labute approximate surface area is 155 Å². The fourth-order valence-electron chi connectivity index (χ4n) is 3.00. The molecule has 132 valence electrons. The maximum absolute atomic E-state index is 12.2. The third kappa shape index (κ3) is 3.72. The lowest BCUT2D eigenvalue weighted by Crippen LogP contribution is -2.21. The summed E-state index contributed by atoms with van der Waals surface area (Å²) in [4.78, 5) is 25.1. The summed E-state index contributed by atoms with van der Waals surface area (Å²) in [6, 6.07) is 5.63. The summed E-state index contributed by atoms with van der Waals surface area (Å²) < 4.78 is 5.74. The molecule has 0 atom stereocenters. The maximum atomic E-state index is 12.2. The lowest BCUT2D eigenvalue weighted by Gasteiger charge is -2.18. The molecule has 0 aliphatic heterocycles. The Morgan fingerprint density at radius 1 is 1.23 bits per heavy atom. The first-order chi connectivity index (χ1) is 12.8. The summed E-state index contributed by atoms with van der Waals surface area (Å²) in [5, 5.41) is 5.24. The van der Waals surface area contributed by atoms with E-state index in [0.717, 1.165) is 53.9 Å². The number of amides is 1. The molecule has 1 amide bonds. The van der Waals surface area contributed by atoms with Crippen molar-refractivity contribution in [3.63, 3.8) is 0 Å². The monoisotopic (exact) mass is 366 g/mol. The molecule has 3 aromatic heterocycles. The van der Waals surface area contributed by atoms with Gasteiger partial charge < -0.3 is 4.74 Å². The highest BCUT2D eigenvalue weighted by Gasteiger charge is 2.16. The van der Waals surface area contributed by atoms with Gasteiger partial charge in [-0.15, -0.1) is 11.3 Å². The van der Waals surface area contributed by atoms with Crippen LogP contribution in [0.2, 0.25) is 0 Å². The van der Waals surface area contributed by atoms with Gasteiger partial charge in [0.05, 0.1) is 5.69 Å². The summed E-state index contributed by atoms with van der Waals surface area (Å²) >= 11 is 1.38. The van der Waals surface area contributed by atoms with Gasteiger partial charge in [-0.05, 0) is 43.9 Å². The van der Waals surface area contributed by atoms with E-state index < -0.39 is 0 Å². The van der Waals surface area contributed by atoms with Gasteiger partial charge in [-0.3, -0.25) is 20.1 Å². The van der Waals surface area contributed by atoms with Crippen molar-refractivity contribution in [2.75, 3.05) is 11.9 Å². The van der Waals surface area contributed by atoms with E-state index in [1.165, 1.54) is 11.3 Å². The fraction of sp³-hybridized carbons (Fsp3) is 0.263. The Morgan fingerprint density at radius 2 is 2.15 bits per heavy atom. The molecule has 1 aliphatic rings. The van der Waals surface area contributed by atoms with Crippen LogP contribution in [-0.2, 0) is 17.6 Å². The molecule has 0 saturated heterocycles. The highest BCUT2D eigenvalue weighted by molar-refractivity contribution is 7.14. The number of nitrogens with zero attached hydrogens (tertiary/aromatic N) is 3. The van der Waals surface area contributed by atoms with E-state index >= 15 is 0 Å². The quantitative estimate of drug-likeness (QED) is 0.748. The zero-order chi connectivity index (χ0) is 17.8. The van der Waals surface area contributed by atoms with E-state index in [-0.39, 0.29) is 12.5 Å². The van der Waals surface area contributed by atoms with E-state index in [4.69, 9.17) is 4.74 Å². The van der Waals surface area contributed by atoms with Crippen molar-refractivity contribution < 1.29 is 9.53 Å². The summed E-state index contributed by atoms with van der Waals surface area (Å²) in [6.45, 7) is -0.0434. The SMILES string of the molecule is O=C(COc1ccnc2c1CCCC2)Nc1nc(-c2cccnc2)cs1. The van der Waals surface area contributed by atoms with Gasteiger partial charge in [0, 0.05) is 40.8 Å². The molecule has 0 spiro atoms. The number of aromatic nitrogens is 3. The number of nitrogens with one attached hydrogen (secondary N) is 1. The molecular formula is C19H18N4O2S. The van der Waals surface area contributed by atoms with Crippen molar-refractivity contribution in [2.24, 2.45) is 0 Å². The van der Waals surface area contributed by atoms with Crippen LogP contribution in [0.4, 0.5) is 5.13 Å². The van der Waals surface area contributed by atoms with Crippen LogP contribution in [0, 0.1) is 0 Å². The summed E-state index contributed by atoms with van der Waals surface area (Å²) in [5.41, 5.74) is 3.95. The number of thiazole rings is 1. The summed E-state index contributed by atoms with van der Waals surface area (Å²) in [7, 11) is 0. The first-order valence-electron chi connectivity index (χ1n) is 8.55. The molecular weight excluding hydrogens is 348 g/mol. The normalized spacial score (nSPS) is 13.1. The molecule has 3 aromatic rings. The smallest absolute Gasteiger partial charge is 0.264 e. The summed E-state index contributed by atoms with van der Waals surface area (Å²) in [6.07, 6.45) is 9.45. The minimum absolute atomic E-state index is 0.0434. The second kappa shape index (κ2) is 7.61. The number of carbonyl (C=O) groups is 1. The number of aryl methyl sites for hydroxylation is 1. The molecule has 0 saturated carbocycles. The van der Waals surface area contributed by atoms with E-state index in [9.17, 15) is 4.79 Å². The molecule has 0 fully saturated rings. The maximum Gasteiger partial charge on any atom is 0.264 e. The van der Waals surface area contributed by atoms with Crippen LogP contribution >= 0.6 is 11.3 Å². The van der Waals surface area contributed by atoms with Gasteiger partial charge in [0.1, 0.15) is 5.75 Å². The molecule has 1 N–H and O–H groups in total. The number of hydrogen-bond donors (Lipinski definition) is 1. The van der Waals surface area contributed by atoms with Crippen molar-refractivity contribution in [2.45, 2.75) is 25.7 Å². The Kier molecular flexibility index (Phi) is 4.88. The van der Waals surface area contributed by atoms with Crippen LogP contribution in [0.25, 0.3) is 11.3 Å². The zero-order valence-corrected chi connectivity index (χ0v) is 15.0. The van der Waals surface area contributed by atoms with Gasteiger partial charge in [-0.1, -0.05) is 0 Å². The number of hydrogen-bond acceptors (Lipinski definition) is 6. The standard InChI is InChI=1S/C19H18N4O2S/c24-18(11-25-17-7-9-21-15-6-2-1-5-14(15)17)23-19-22-16(12-26-19)13-4-3-8-20-10-13/h3-4,7-10,12H,1-2,5-6,11H2,(H,22,23,24). The molecule has 6 nitrogen and oxygen atoms in total. The topological polar surface area (TPSA) is 77.0 Å². The lowest BCUT2D eigenvalue weighted by atomic mass is 9.95. The largest absolute Gasteiger partial charge is 0.483 e. The van der Waals surface area contributed by atoms with Crippen LogP contribution in [0.15, 0.2) is 42.2 Å². The van der Waals surface area contributed by atoms with Crippen molar-refractivity contribution in [1.29, 1.82) is 0 Å². The average molecular weight is 366 g/mol. The number of fused-ring (bicyclic) bond motifs is 1. The minimum Gasteiger partial charge on any atom is -0.483 e. The molecule has 7 heteroatoms. The number of rotatable bonds is 5. The molecule has 4 rings (SSSR count). The number of carbonyl (C=O) groups excluding carboxylic acids is 1. The second-order valence-electron chi connectivity index (χ2n) is 6.06. The highest BCUT2D eigenvalue weighted by Crippen LogP contribution is 2.28. The van der Waals surface area contributed by atoms with Crippen LogP contribution < -0.4 is 10.1 Å². The minimum atomic E-state index is -0.224. The first kappa shape index (κ1) is 16.7. The number of pyridine rings is 2. The van der Waals surface area contributed by atoms with Crippen LogP contribution in [0.5, 0.6) is 5.75 Å². The fourth-order valence-corrected chi connectivity index (χ4v) is 3.74. The Hall–Kier alpha value is -2.80. The highest BCUT2D eigenvalue weighted by atomic mass is 32.1. The predicted octanol–water partition coefficient (Wildman–Crippen LogP) is 3.50. The number of ether oxygens (including phenoxy) is 1. The van der Waals surface area contributed by atoms with Crippen LogP contribution in [-0.4, -0.2) is 27.5 Å². The predicted molar refractivity (Wildman–Crippen MR) is 100 cm³/mol. The van der Waals surface area contributed by atoms with E-state index in [2.05, 4.69) is 20.3 Å². The molecule has 3 heterocycles. The third-order valence-corrected chi connectivity index (χ3v) is 5.02. The van der Waals surface area contributed by atoms with E-state index in [0.29, 0.717) is 5.13 Å². The van der Waals surface area contributed by atoms with Gasteiger partial charge in [0.2, 0.25) is 0 Å². The molecule has 0 bridgehead atoms. The third-order valence-electron chi connectivity index (χ3n) is 4.26. The molecule has 0 aromatic carbocycles. The van der Waals surface area contributed by atoms with E-state index in [1.807, 2.05) is 23.6 Å². The van der Waals surface area contributed by atoms with E-state index in [1.54, 1.807) is 18.6 Å². The molecule has 26 heavy (non-hydrogen) atoms. The van der Waals surface area contributed by atoms with Crippen molar-refractivity contribution in [1.82, 2.24) is 15.0 Å². The molecule has 0 unspecified atom stereocenters. The zero-order valence-electron chi connectivity index (χ0n) is 14.1. The molecule has 0 radical (unpaired) electrons. The summed E-state index contributed by atoms with van der Waals surface area (Å²) in [5.74, 6) is 0.540. The van der Waals surface area contributed by atoms with Gasteiger partial charge in [-0.25, -0.2) is 4.98 Å². The second-order valence-corrected chi connectivity index (χ2v) is 6.92. The van der Waals surface area contributed by atoms with Crippen LogP contribution in [0.3, 0.4) is 0 Å². The Bertz CT molecular complexity index is 911. The van der Waals surface area contributed by atoms with Crippen molar-refractivity contribution in [3.8, 4) is 17.0 Å². The van der Waals surface area contributed by atoms with Gasteiger partial charge in [0.25, 0.3) is 5.91 Å². The van der Waals surface area contributed by atoms with Gasteiger partial charge in [0.15, 0.2) is 11.7 Å². The van der Waals surface area contributed by atoms with Gasteiger partial charge in [-0.2, -0.15) is 0 Å². The Morgan fingerprint density at radius 3 is 3.04 bits per heavy atom. The van der Waals surface area contributed by atoms with Crippen molar-refractivity contribution in [3.05, 3.63) is 53.4 Å². The van der Waals surface area contributed by atoms with Crippen molar-refractivity contribution >= 4 is 22.4 Å². The first-order valence-corrected chi connectivity index (χ1v) is 9.43. The van der Waals surface area contributed by atoms with Crippen LogP contribution in [0.1, 0.15) is 24.1 Å². The lowest BCUT2D eigenvalue weighted by molar-refractivity contribution is -0.118. The average Bonchev–Trinajstić information content (AvgIpc) is 3.15. The molecule has 1 aliphatic carbocycles. The van der Waals surface area contributed by atoms with Gasteiger partial charge >= 0.3 is 0 Å².